The van der Waals surface area contributed by atoms with Gasteiger partial charge in [0.2, 0.25) is 0 Å². The van der Waals surface area contributed by atoms with E-state index in [1.165, 1.54) is 0 Å². The minimum absolute atomic E-state index is 0.117. The molecule has 1 aromatic heterocycles. The van der Waals surface area contributed by atoms with E-state index >= 15 is 0 Å². The lowest BCUT2D eigenvalue weighted by molar-refractivity contribution is 0.0730. The fraction of sp³-hybridized carbons (Fsp3) is 0.120. The summed E-state index contributed by atoms with van der Waals surface area (Å²) in [6.07, 6.45) is 0. The minimum Gasteiger partial charge on any atom is -0.497 e. The Morgan fingerprint density at radius 1 is 1.00 bits per heavy atom. The summed E-state index contributed by atoms with van der Waals surface area (Å²) in [6, 6.07) is 22.4. The number of methoxy groups -OCH3 is 1. The fourth-order valence-corrected chi connectivity index (χ4v) is 4.50. The van der Waals surface area contributed by atoms with Gasteiger partial charge in [-0.15, -0.1) is 0 Å². The van der Waals surface area contributed by atoms with Gasteiger partial charge < -0.3 is 9.64 Å². The summed E-state index contributed by atoms with van der Waals surface area (Å²) in [5, 5.41) is 8.69. The first-order chi connectivity index (χ1) is 15.6. The van der Waals surface area contributed by atoms with Gasteiger partial charge in [-0.25, -0.2) is 0 Å². The summed E-state index contributed by atoms with van der Waals surface area (Å²) in [4.78, 5) is 15.3. The van der Waals surface area contributed by atoms with Gasteiger partial charge in [0.05, 0.1) is 18.8 Å². The topological polar surface area (TPSA) is 58.2 Å². The zero-order valence-corrected chi connectivity index (χ0v) is 18.7. The number of H-pyrrole nitrogens is 1. The maximum Gasteiger partial charge on any atom is 0.273 e. The third-order valence-electron chi connectivity index (χ3n) is 5.69. The lowest BCUT2D eigenvalue weighted by Crippen LogP contribution is -2.29. The van der Waals surface area contributed by atoms with Crippen LogP contribution in [0, 0.1) is 0 Å². The molecule has 5 nitrogen and oxygen atoms in total. The quantitative estimate of drug-likeness (QED) is 0.386. The van der Waals surface area contributed by atoms with Crippen molar-refractivity contribution in [1.82, 2.24) is 15.1 Å². The van der Waals surface area contributed by atoms with Crippen LogP contribution in [-0.2, 0) is 6.54 Å². The van der Waals surface area contributed by atoms with Gasteiger partial charge in [-0.3, -0.25) is 9.89 Å². The van der Waals surface area contributed by atoms with Crippen molar-refractivity contribution in [3.05, 3.63) is 105 Å². The molecule has 160 valence electrons. The van der Waals surface area contributed by atoms with Crippen molar-refractivity contribution in [3.63, 3.8) is 0 Å². The van der Waals surface area contributed by atoms with E-state index in [2.05, 4.69) is 10.2 Å². The Hall–Kier alpha value is -3.28. The van der Waals surface area contributed by atoms with E-state index in [-0.39, 0.29) is 11.9 Å². The maximum atomic E-state index is 13.5. The molecule has 4 aromatic rings. The van der Waals surface area contributed by atoms with Gasteiger partial charge in [-0.05, 0) is 41.5 Å². The third kappa shape index (κ3) is 3.53. The predicted octanol–water partition coefficient (Wildman–Crippen LogP) is 6.14. The van der Waals surface area contributed by atoms with Crippen LogP contribution < -0.4 is 4.74 Å². The van der Waals surface area contributed by atoms with Crippen molar-refractivity contribution in [2.45, 2.75) is 12.6 Å². The van der Waals surface area contributed by atoms with E-state index in [9.17, 15) is 4.79 Å². The Bertz CT molecular complexity index is 1280. The molecule has 3 aromatic carbocycles. The molecule has 1 unspecified atom stereocenters. The van der Waals surface area contributed by atoms with Gasteiger partial charge in [-0.2, -0.15) is 5.10 Å². The third-order valence-corrected chi connectivity index (χ3v) is 6.29. The molecule has 0 saturated carbocycles. The van der Waals surface area contributed by atoms with Crippen LogP contribution in [0.25, 0.3) is 11.3 Å². The SMILES string of the molecule is COc1ccc(CN2C(=O)c3[nH]nc(-c4ccc(Cl)cc4)c3C2c2ccccc2Cl)cc1. The molecule has 32 heavy (non-hydrogen) atoms. The number of rotatable bonds is 5. The summed E-state index contributed by atoms with van der Waals surface area (Å²) in [5.74, 6) is 0.650. The van der Waals surface area contributed by atoms with Gasteiger partial charge in [0.1, 0.15) is 11.4 Å². The van der Waals surface area contributed by atoms with Crippen molar-refractivity contribution in [2.24, 2.45) is 0 Å². The van der Waals surface area contributed by atoms with Gasteiger partial charge in [0, 0.05) is 27.7 Å². The molecule has 0 bridgehead atoms. The van der Waals surface area contributed by atoms with E-state index in [1.807, 2.05) is 77.7 Å². The second-order valence-corrected chi connectivity index (χ2v) is 8.42. The number of aromatic nitrogens is 2. The van der Waals surface area contributed by atoms with Gasteiger partial charge in [0.25, 0.3) is 5.91 Å². The average molecular weight is 464 g/mol. The van der Waals surface area contributed by atoms with Crippen LogP contribution in [0.5, 0.6) is 5.75 Å². The molecule has 0 aliphatic carbocycles. The molecule has 1 N–H and O–H groups in total. The van der Waals surface area contributed by atoms with Crippen LogP contribution in [0.15, 0.2) is 72.8 Å². The average Bonchev–Trinajstić information content (AvgIpc) is 3.35. The Morgan fingerprint density at radius 3 is 2.41 bits per heavy atom. The molecule has 1 aliphatic rings. The number of amides is 1. The van der Waals surface area contributed by atoms with Gasteiger partial charge in [0.15, 0.2) is 0 Å². The highest BCUT2D eigenvalue weighted by Gasteiger charge is 2.42. The minimum atomic E-state index is -0.377. The molecule has 1 atom stereocenters. The maximum absolute atomic E-state index is 13.5. The Labute approximate surface area is 195 Å². The van der Waals surface area contributed by atoms with Crippen LogP contribution in [0.4, 0.5) is 0 Å². The molecule has 0 radical (unpaired) electrons. The fourth-order valence-electron chi connectivity index (χ4n) is 4.14. The van der Waals surface area contributed by atoms with E-state index < -0.39 is 0 Å². The molecule has 5 rings (SSSR count). The van der Waals surface area contributed by atoms with E-state index in [0.29, 0.717) is 28.0 Å². The Kier molecular flexibility index (Phi) is 5.37. The first kappa shape index (κ1) is 20.6. The number of hydrogen-bond donors (Lipinski definition) is 1. The molecule has 0 spiro atoms. The van der Waals surface area contributed by atoms with E-state index in [0.717, 1.165) is 28.0 Å². The molecular weight excluding hydrogens is 445 g/mol. The monoisotopic (exact) mass is 463 g/mol. The summed E-state index contributed by atoms with van der Waals surface area (Å²) < 4.78 is 5.26. The summed E-state index contributed by atoms with van der Waals surface area (Å²) >= 11 is 12.7. The second-order valence-electron chi connectivity index (χ2n) is 7.57. The highest BCUT2D eigenvalue weighted by molar-refractivity contribution is 6.31. The van der Waals surface area contributed by atoms with Crippen LogP contribution in [0.2, 0.25) is 10.0 Å². The van der Waals surface area contributed by atoms with Gasteiger partial charge in [-0.1, -0.05) is 65.7 Å². The van der Waals surface area contributed by atoms with Gasteiger partial charge >= 0.3 is 0 Å². The Balaban J connectivity index is 1.62. The van der Waals surface area contributed by atoms with Crippen LogP contribution >= 0.6 is 23.2 Å². The largest absolute Gasteiger partial charge is 0.497 e. The molecular formula is C25H19Cl2N3O2. The zero-order chi connectivity index (χ0) is 22.2. The predicted molar refractivity (Wildman–Crippen MR) is 125 cm³/mol. The summed E-state index contributed by atoms with van der Waals surface area (Å²) in [7, 11) is 1.63. The number of nitrogens with zero attached hydrogens (tertiary/aromatic N) is 2. The molecule has 7 heteroatoms. The number of ether oxygens (including phenoxy) is 1. The highest BCUT2D eigenvalue weighted by Crippen LogP contribution is 2.45. The van der Waals surface area contributed by atoms with E-state index in [1.54, 1.807) is 7.11 Å². The van der Waals surface area contributed by atoms with Crippen molar-refractivity contribution < 1.29 is 9.53 Å². The number of hydrogen-bond acceptors (Lipinski definition) is 3. The van der Waals surface area contributed by atoms with Crippen LogP contribution in [-0.4, -0.2) is 28.1 Å². The van der Waals surface area contributed by atoms with Crippen molar-refractivity contribution in [3.8, 4) is 17.0 Å². The number of fused-ring (bicyclic) bond motifs is 1. The van der Waals surface area contributed by atoms with Crippen molar-refractivity contribution in [1.29, 1.82) is 0 Å². The van der Waals surface area contributed by atoms with Crippen LogP contribution in [0.1, 0.15) is 33.2 Å². The first-order valence-corrected chi connectivity index (χ1v) is 10.8. The number of halogens is 2. The molecule has 2 heterocycles. The zero-order valence-electron chi connectivity index (χ0n) is 17.2. The number of carbonyl (C=O) groups is 1. The smallest absolute Gasteiger partial charge is 0.273 e. The molecule has 1 amide bonds. The lowest BCUT2D eigenvalue weighted by Gasteiger charge is -2.27. The second kappa shape index (κ2) is 8.34. The number of benzene rings is 3. The molecule has 1 aliphatic heterocycles. The standard InChI is InChI=1S/C25H19Cl2N3O2/c1-32-18-12-6-15(7-13-18)14-30-24(19-4-2-3-5-20(19)27)21-22(28-29-23(21)25(30)31)16-8-10-17(26)11-9-16/h2-13,24H,14H2,1H3,(H,28,29). The Morgan fingerprint density at radius 2 is 1.72 bits per heavy atom. The lowest BCUT2D eigenvalue weighted by atomic mass is 9.96. The highest BCUT2D eigenvalue weighted by atomic mass is 35.5. The van der Waals surface area contributed by atoms with E-state index in [4.69, 9.17) is 27.9 Å². The number of carbonyl (C=O) groups excluding carboxylic acids is 1. The van der Waals surface area contributed by atoms with Crippen LogP contribution in [0.3, 0.4) is 0 Å². The number of nitrogens with one attached hydrogen (secondary N) is 1. The normalized spacial score (nSPS) is 15.2. The summed E-state index contributed by atoms with van der Waals surface area (Å²) in [5.41, 5.74) is 4.73. The number of aromatic amines is 1. The molecule has 0 fully saturated rings. The molecule has 0 saturated heterocycles. The summed E-state index contributed by atoms with van der Waals surface area (Å²) in [6.45, 7) is 0.418. The van der Waals surface area contributed by atoms with Crippen molar-refractivity contribution in [2.75, 3.05) is 7.11 Å². The van der Waals surface area contributed by atoms with Crippen molar-refractivity contribution >= 4 is 29.1 Å². The first-order valence-electron chi connectivity index (χ1n) is 10.1.